The van der Waals surface area contributed by atoms with Crippen molar-refractivity contribution < 1.29 is 23.8 Å². The predicted octanol–water partition coefficient (Wildman–Crippen LogP) is 3.77. The van der Waals surface area contributed by atoms with Crippen LogP contribution in [0.5, 0.6) is 0 Å². The second-order valence-electron chi connectivity index (χ2n) is 5.98. The number of hydrogen-bond donors (Lipinski definition) is 0. The summed E-state index contributed by atoms with van der Waals surface area (Å²) in [6.45, 7) is 1.90. The molecule has 0 spiro atoms. The third-order valence-corrected chi connectivity index (χ3v) is 4.21. The Morgan fingerprint density at radius 1 is 1.00 bits per heavy atom. The normalized spacial score (nSPS) is 10.6. The van der Waals surface area contributed by atoms with Crippen LogP contribution in [0.3, 0.4) is 0 Å². The number of carbonyl (C=O) groups is 2. The van der Waals surface area contributed by atoms with Crippen LogP contribution in [0.2, 0.25) is 0 Å². The number of hydrogen-bond acceptors (Lipinski definition) is 6. The van der Waals surface area contributed by atoms with Crippen molar-refractivity contribution in [3.63, 3.8) is 0 Å². The Morgan fingerprint density at radius 3 is 2.43 bits per heavy atom. The first-order chi connectivity index (χ1) is 13.7. The topological polar surface area (TPSA) is 74.7 Å². The number of fused-ring (bicyclic) bond motifs is 1. The highest BCUT2D eigenvalue weighted by atomic mass is 16.6. The first kappa shape index (κ1) is 19.5. The molecule has 0 saturated heterocycles. The highest BCUT2D eigenvalue weighted by molar-refractivity contribution is 6.07. The van der Waals surface area contributed by atoms with E-state index in [0.29, 0.717) is 23.4 Å². The molecular formula is C22H21NO5. The molecule has 0 unspecified atom stereocenters. The Hall–Kier alpha value is -3.25. The highest BCUT2D eigenvalue weighted by Crippen LogP contribution is 2.33. The Bertz CT molecular complexity index is 985. The summed E-state index contributed by atoms with van der Waals surface area (Å²) in [6, 6.07) is 17.0. The van der Waals surface area contributed by atoms with E-state index < -0.39 is 11.9 Å². The van der Waals surface area contributed by atoms with Crippen molar-refractivity contribution >= 4 is 22.8 Å². The van der Waals surface area contributed by atoms with Gasteiger partial charge in [-0.15, -0.1) is 0 Å². The molecule has 28 heavy (non-hydrogen) atoms. The van der Waals surface area contributed by atoms with E-state index in [1.807, 2.05) is 54.6 Å². The second-order valence-corrected chi connectivity index (χ2v) is 5.98. The van der Waals surface area contributed by atoms with E-state index in [1.165, 1.54) is 7.11 Å². The summed E-state index contributed by atoms with van der Waals surface area (Å²) >= 11 is 0. The van der Waals surface area contributed by atoms with Crippen molar-refractivity contribution in [2.24, 2.45) is 0 Å². The third-order valence-electron chi connectivity index (χ3n) is 4.21. The Balaban J connectivity index is 2.15. The number of methoxy groups -OCH3 is 1. The summed E-state index contributed by atoms with van der Waals surface area (Å²) in [5, 5.41) is 0.818. The summed E-state index contributed by atoms with van der Waals surface area (Å²) in [6.07, 6.45) is 0. The van der Waals surface area contributed by atoms with Crippen molar-refractivity contribution in [1.82, 2.24) is 4.98 Å². The van der Waals surface area contributed by atoms with Gasteiger partial charge in [0.15, 0.2) is 0 Å². The lowest BCUT2D eigenvalue weighted by molar-refractivity contribution is -0.150. The van der Waals surface area contributed by atoms with Gasteiger partial charge in [0.2, 0.25) is 0 Å². The zero-order valence-electron chi connectivity index (χ0n) is 15.8. The lowest BCUT2D eigenvalue weighted by Gasteiger charge is -2.16. The molecule has 0 radical (unpaired) electrons. The number of rotatable bonds is 7. The monoisotopic (exact) mass is 379 g/mol. The average molecular weight is 379 g/mol. The lowest BCUT2D eigenvalue weighted by Crippen LogP contribution is -2.16. The zero-order chi connectivity index (χ0) is 19.9. The van der Waals surface area contributed by atoms with Crippen molar-refractivity contribution in [3.05, 3.63) is 65.9 Å². The molecular weight excluding hydrogens is 358 g/mol. The van der Waals surface area contributed by atoms with Crippen LogP contribution in [0.25, 0.3) is 22.0 Å². The van der Waals surface area contributed by atoms with Crippen LogP contribution < -0.4 is 0 Å². The van der Waals surface area contributed by atoms with E-state index >= 15 is 0 Å². The number of esters is 2. The summed E-state index contributed by atoms with van der Waals surface area (Å²) < 4.78 is 15.3. The van der Waals surface area contributed by atoms with Gasteiger partial charge in [-0.05, 0) is 18.6 Å². The van der Waals surface area contributed by atoms with E-state index in [1.54, 1.807) is 6.92 Å². The standard InChI is InChI=1S/C22H21NO5/c1-3-27-14-19(24)28-13-18-21(22(25)26-2)20(15-9-5-4-6-10-15)16-11-7-8-12-17(16)23-18/h4-12H,3,13-14H2,1-2H3. The van der Waals surface area contributed by atoms with Gasteiger partial charge in [0.1, 0.15) is 13.2 Å². The summed E-state index contributed by atoms with van der Waals surface area (Å²) in [4.78, 5) is 29.1. The van der Waals surface area contributed by atoms with Crippen molar-refractivity contribution in [2.45, 2.75) is 13.5 Å². The van der Waals surface area contributed by atoms with Crippen molar-refractivity contribution in [2.75, 3.05) is 20.3 Å². The van der Waals surface area contributed by atoms with Gasteiger partial charge in [-0.3, -0.25) is 0 Å². The number of nitrogens with zero attached hydrogens (tertiary/aromatic N) is 1. The number of ether oxygens (including phenoxy) is 3. The Labute approximate surface area is 163 Å². The van der Waals surface area contributed by atoms with Gasteiger partial charge < -0.3 is 14.2 Å². The quantitative estimate of drug-likeness (QED) is 0.582. The summed E-state index contributed by atoms with van der Waals surface area (Å²) in [5.41, 5.74) is 2.88. The van der Waals surface area contributed by atoms with Gasteiger partial charge in [-0.2, -0.15) is 0 Å². The third kappa shape index (κ3) is 4.18. The molecule has 0 aliphatic carbocycles. The highest BCUT2D eigenvalue weighted by Gasteiger charge is 2.23. The molecule has 3 aromatic rings. The van der Waals surface area contributed by atoms with Gasteiger partial charge in [0.25, 0.3) is 0 Å². The molecule has 0 aliphatic heterocycles. The number of aromatic nitrogens is 1. The van der Waals surface area contributed by atoms with Crippen LogP contribution in [0.4, 0.5) is 0 Å². The molecule has 0 saturated carbocycles. The molecule has 1 heterocycles. The minimum atomic E-state index is -0.534. The van der Waals surface area contributed by atoms with Gasteiger partial charge in [-0.1, -0.05) is 48.5 Å². The molecule has 144 valence electrons. The molecule has 3 rings (SSSR count). The zero-order valence-corrected chi connectivity index (χ0v) is 15.8. The summed E-state index contributed by atoms with van der Waals surface area (Å²) in [7, 11) is 1.32. The molecule has 2 aromatic carbocycles. The van der Waals surface area contributed by atoms with Gasteiger partial charge in [-0.25, -0.2) is 14.6 Å². The second kappa shape index (κ2) is 9.10. The van der Waals surface area contributed by atoms with Crippen molar-refractivity contribution in [3.8, 4) is 11.1 Å². The SMILES string of the molecule is CCOCC(=O)OCc1nc2ccccc2c(-c2ccccc2)c1C(=O)OC. The fourth-order valence-corrected chi connectivity index (χ4v) is 2.97. The van der Waals surface area contributed by atoms with Gasteiger partial charge in [0, 0.05) is 17.6 Å². The first-order valence-corrected chi connectivity index (χ1v) is 8.94. The largest absolute Gasteiger partial charge is 0.465 e. The first-order valence-electron chi connectivity index (χ1n) is 8.94. The maximum Gasteiger partial charge on any atom is 0.340 e. The lowest BCUT2D eigenvalue weighted by atomic mass is 9.94. The van der Waals surface area contributed by atoms with Crippen LogP contribution in [0, 0.1) is 0 Å². The Kier molecular flexibility index (Phi) is 6.34. The number of pyridine rings is 1. The molecule has 6 heteroatoms. The van der Waals surface area contributed by atoms with Crippen LogP contribution in [0.1, 0.15) is 23.0 Å². The molecule has 0 fully saturated rings. The Morgan fingerprint density at radius 2 is 1.71 bits per heavy atom. The molecule has 0 amide bonds. The van der Waals surface area contributed by atoms with Crippen LogP contribution >= 0.6 is 0 Å². The van der Waals surface area contributed by atoms with E-state index in [2.05, 4.69) is 4.98 Å². The average Bonchev–Trinajstić information content (AvgIpc) is 2.75. The minimum Gasteiger partial charge on any atom is -0.465 e. The van der Waals surface area contributed by atoms with Gasteiger partial charge >= 0.3 is 11.9 Å². The van der Waals surface area contributed by atoms with E-state index in [-0.39, 0.29) is 18.8 Å². The van der Waals surface area contributed by atoms with E-state index in [4.69, 9.17) is 14.2 Å². The molecule has 0 atom stereocenters. The molecule has 0 bridgehead atoms. The van der Waals surface area contributed by atoms with Gasteiger partial charge in [0.05, 0.1) is 23.9 Å². The van der Waals surface area contributed by atoms with Crippen LogP contribution in [-0.4, -0.2) is 37.2 Å². The minimum absolute atomic E-state index is 0.150. The van der Waals surface area contributed by atoms with Crippen LogP contribution in [0.15, 0.2) is 54.6 Å². The molecule has 1 aromatic heterocycles. The maximum absolute atomic E-state index is 12.7. The maximum atomic E-state index is 12.7. The summed E-state index contributed by atoms with van der Waals surface area (Å²) in [5.74, 6) is -1.05. The number of carbonyl (C=O) groups excluding carboxylic acids is 2. The molecule has 0 aliphatic rings. The van der Waals surface area contributed by atoms with E-state index in [9.17, 15) is 9.59 Å². The van der Waals surface area contributed by atoms with E-state index in [0.717, 1.165) is 10.9 Å². The number of benzene rings is 2. The molecule has 6 nitrogen and oxygen atoms in total. The fourth-order valence-electron chi connectivity index (χ4n) is 2.97. The molecule has 0 N–H and O–H groups in total. The van der Waals surface area contributed by atoms with Crippen LogP contribution in [-0.2, 0) is 25.6 Å². The number of para-hydroxylation sites is 1. The smallest absolute Gasteiger partial charge is 0.340 e. The predicted molar refractivity (Wildman–Crippen MR) is 105 cm³/mol. The van der Waals surface area contributed by atoms with Crippen molar-refractivity contribution in [1.29, 1.82) is 0 Å². The fraction of sp³-hybridized carbons (Fsp3) is 0.227.